The lowest BCUT2D eigenvalue weighted by Crippen LogP contribution is -2.27. The molecule has 26 heavy (non-hydrogen) atoms. The van der Waals surface area contributed by atoms with E-state index in [9.17, 15) is 4.79 Å². The quantitative estimate of drug-likeness (QED) is 0.789. The van der Waals surface area contributed by atoms with Gasteiger partial charge in [-0.25, -0.2) is 0 Å². The number of nitrogens with zero attached hydrogens (tertiary/aromatic N) is 1. The first kappa shape index (κ1) is 18.3. The van der Waals surface area contributed by atoms with Crippen molar-refractivity contribution in [2.75, 3.05) is 31.1 Å². The van der Waals surface area contributed by atoms with E-state index in [0.29, 0.717) is 19.6 Å². The largest absolute Gasteiger partial charge is 0.494 e. The third-order valence-corrected chi connectivity index (χ3v) is 4.74. The van der Waals surface area contributed by atoms with Crippen LogP contribution in [0.4, 0.5) is 5.69 Å². The van der Waals surface area contributed by atoms with E-state index in [-0.39, 0.29) is 5.91 Å². The van der Waals surface area contributed by atoms with Crippen LogP contribution in [0, 0.1) is 0 Å². The molecule has 0 radical (unpaired) electrons. The monoisotopic (exact) mass is 352 g/mol. The average molecular weight is 352 g/mol. The van der Waals surface area contributed by atoms with Gasteiger partial charge in [0.2, 0.25) is 5.91 Å². The summed E-state index contributed by atoms with van der Waals surface area (Å²) in [6.45, 7) is 5.61. The maximum absolute atomic E-state index is 12.1. The number of amides is 1. The molecule has 0 bridgehead atoms. The molecule has 0 aliphatic carbocycles. The van der Waals surface area contributed by atoms with Gasteiger partial charge in [-0.05, 0) is 61.6 Å². The number of ether oxygens (including phenoxy) is 1. The van der Waals surface area contributed by atoms with Crippen LogP contribution >= 0.6 is 0 Å². The zero-order valence-electron chi connectivity index (χ0n) is 15.5. The van der Waals surface area contributed by atoms with E-state index in [1.54, 1.807) is 0 Å². The van der Waals surface area contributed by atoms with Gasteiger partial charge >= 0.3 is 0 Å². The van der Waals surface area contributed by atoms with E-state index in [1.807, 2.05) is 31.2 Å². The molecule has 0 spiro atoms. The van der Waals surface area contributed by atoms with Crippen LogP contribution in [0.1, 0.15) is 30.9 Å². The number of hydrogen-bond acceptors (Lipinski definition) is 3. The summed E-state index contributed by atoms with van der Waals surface area (Å²) in [5, 5.41) is 3.01. The van der Waals surface area contributed by atoms with Crippen LogP contribution in [0.5, 0.6) is 5.75 Å². The summed E-state index contributed by atoms with van der Waals surface area (Å²) in [5.41, 5.74) is 3.57. The van der Waals surface area contributed by atoms with Crippen molar-refractivity contribution < 1.29 is 9.53 Å². The van der Waals surface area contributed by atoms with Crippen LogP contribution in [-0.4, -0.2) is 32.1 Å². The topological polar surface area (TPSA) is 41.6 Å². The first-order chi connectivity index (χ1) is 12.7. The Morgan fingerprint density at radius 1 is 1.00 bits per heavy atom. The fourth-order valence-corrected chi connectivity index (χ4v) is 3.31. The van der Waals surface area contributed by atoms with Crippen LogP contribution in [0.2, 0.25) is 0 Å². The molecule has 0 unspecified atom stereocenters. The van der Waals surface area contributed by atoms with Gasteiger partial charge in [0.25, 0.3) is 0 Å². The molecule has 4 nitrogen and oxygen atoms in total. The standard InChI is InChI=1S/C22H28N2O2/c1-2-26-21-11-7-19(8-12-21)17-22(25)23-14-13-18-5-9-20(10-6-18)24-15-3-4-16-24/h5-12H,2-4,13-17H2,1H3,(H,23,25). The number of anilines is 1. The Bertz CT molecular complexity index is 689. The summed E-state index contributed by atoms with van der Waals surface area (Å²) < 4.78 is 5.42. The number of carbonyl (C=O) groups excluding carboxylic acids is 1. The van der Waals surface area contributed by atoms with Crippen molar-refractivity contribution in [2.45, 2.75) is 32.6 Å². The number of benzene rings is 2. The van der Waals surface area contributed by atoms with Crippen LogP contribution in [0.15, 0.2) is 48.5 Å². The van der Waals surface area contributed by atoms with Gasteiger partial charge < -0.3 is 15.0 Å². The van der Waals surface area contributed by atoms with Gasteiger partial charge in [-0.3, -0.25) is 4.79 Å². The van der Waals surface area contributed by atoms with Gasteiger partial charge in [-0.2, -0.15) is 0 Å². The van der Waals surface area contributed by atoms with Gasteiger partial charge in [0.05, 0.1) is 13.0 Å². The second kappa shape index (κ2) is 9.27. The van der Waals surface area contributed by atoms with E-state index in [2.05, 4.69) is 34.5 Å². The van der Waals surface area contributed by atoms with Crippen molar-refractivity contribution in [3.05, 3.63) is 59.7 Å². The normalized spacial score (nSPS) is 13.7. The Hall–Kier alpha value is -2.49. The number of hydrogen-bond donors (Lipinski definition) is 1. The number of carbonyl (C=O) groups is 1. The highest BCUT2D eigenvalue weighted by Crippen LogP contribution is 2.20. The third kappa shape index (κ3) is 5.25. The van der Waals surface area contributed by atoms with Crippen molar-refractivity contribution in [1.82, 2.24) is 5.32 Å². The number of rotatable bonds is 8. The second-order valence-corrected chi connectivity index (χ2v) is 6.71. The zero-order chi connectivity index (χ0) is 18.2. The van der Waals surface area contributed by atoms with Crippen molar-refractivity contribution in [3.63, 3.8) is 0 Å². The molecule has 2 aromatic rings. The minimum atomic E-state index is 0.0582. The maximum atomic E-state index is 12.1. The molecule has 1 heterocycles. The lowest BCUT2D eigenvalue weighted by Gasteiger charge is -2.17. The van der Waals surface area contributed by atoms with E-state index in [4.69, 9.17) is 4.74 Å². The zero-order valence-corrected chi connectivity index (χ0v) is 15.5. The molecular formula is C22H28N2O2. The molecule has 0 saturated carbocycles. The lowest BCUT2D eigenvalue weighted by atomic mass is 10.1. The molecule has 1 aliphatic rings. The van der Waals surface area contributed by atoms with Gasteiger partial charge in [0, 0.05) is 25.3 Å². The summed E-state index contributed by atoms with van der Waals surface area (Å²) >= 11 is 0. The Morgan fingerprint density at radius 3 is 2.31 bits per heavy atom. The second-order valence-electron chi connectivity index (χ2n) is 6.71. The van der Waals surface area contributed by atoms with E-state index in [0.717, 1.165) is 17.7 Å². The van der Waals surface area contributed by atoms with Crippen molar-refractivity contribution >= 4 is 11.6 Å². The minimum absolute atomic E-state index is 0.0582. The first-order valence-electron chi connectivity index (χ1n) is 9.57. The van der Waals surface area contributed by atoms with E-state index < -0.39 is 0 Å². The van der Waals surface area contributed by atoms with Crippen molar-refractivity contribution in [2.24, 2.45) is 0 Å². The molecule has 2 aromatic carbocycles. The summed E-state index contributed by atoms with van der Waals surface area (Å²) in [4.78, 5) is 14.5. The summed E-state index contributed by atoms with van der Waals surface area (Å²) in [5.74, 6) is 0.900. The van der Waals surface area contributed by atoms with E-state index >= 15 is 0 Å². The lowest BCUT2D eigenvalue weighted by molar-refractivity contribution is -0.120. The minimum Gasteiger partial charge on any atom is -0.494 e. The fourth-order valence-electron chi connectivity index (χ4n) is 3.31. The van der Waals surface area contributed by atoms with Gasteiger partial charge in [-0.15, -0.1) is 0 Å². The van der Waals surface area contributed by atoms with Crippen molar-refractivity contribution in [1.29, 1.82) is 0 Å². The Balaban J connectivity index is 1.40. The summed E-state index contributed by atoms with van der Waals surface area (Å²) in [6.07, 6.45) is 3.85. The van der Waals surface area contributed by atoms with Gasteiger partial charge in [0.15, 0.2) is 0 Å². The average Bonchev–Trinajstić information content (AvgIpc) is 3.19. The molecule has 1 N–H and O–H groups in total. The van der Waals surface area contributed by atoms with Crippen LogP contribution in [-0.2, 0) is 17.6 Å². The Morgan fingerprint density at radius 2 is 1.65 bits per heavy atom. The highest BCUT2D eigenvalue weighted by molar-refractivity contribution is 5.78. The smallest absolute Gasteiger partial charge is 0.224 e. The van der Waals surface area contributed by atoms with Crippen LogP contribution < -0.4 is 15.0 Å². The predicted molar refractivity (Wildman–Crippen MR) is 106 cm³/mol. The molecule has 1 fully saturated rings. The SMILES string of the molecule is CCOc1ccc(CC(=O)NCCc2ccc(N3CCCC3)cc2)cc1. The van der Waals surface area contributed by atoms with Crippen LogP contribution in [0.3, 0.4) is 0 Å². The van der Waals surface area contributed by atoms with Crippen molar-refractivity contribution in [3.8, 4) is 5.75 Å². The highest BCUT2D eigenvalue weighted by Gasteiger charge is 2.11. The van der Waals surface area contributed by atoms with Gasteiger partial charge in [0.1, 0.15) is 5.75 Å². The van der Waals surface area contributed by atoms with E-state index in [1.165, 1.54) is 37.2 Å². The summed E-state index contributed by atoms with van der Waals surface area (Å²) in [6, 6.07) is 16.5. The Kier molecular flexibility index (Phi) is 6.53. The fraction of sp³-hybridized carbons (Fsp3) is 0.409. The molecule has 1 saturated heterocycles. The molecule has 4 heteroatoms. The number of nitrogens with one attached hydrogen (secondary N) is 1. The molecule has 0 atom stereocenters. The maximum Gasteiger partial charge on any atom is 0.224 e. The van der Waals surface area contributed by atoms with Crippen LogP contribution in [0.25, 0.3) is 0 Å². The molecule has 1 amide bonds. The highest BCUT2D eigenvalue weighted by atomic mass is 16.5. The predicted octanol–water partition coefficient (Wildman–Crippen LogP) is 3.59. The molecule has 0 aromatic heterocycles. The van der Waals surface area contributed by atoms with Gasteiger partial charge in [-0.1, -0.05) is 24.3 Å². The molecule has 3 rings (SSSR count). The summed E-state index contributed by atoms with van der Waals surface area (Å²) in [7, 11) is 0. The molecule has 1 aliphatic heterocycles. The Labute approximate surface area is 156 Å². The molecule has 138 valence electrons. The first-order valence-corrected chi connectivity index (χ1v) is 9.57. The molecular weight excluding hydrogens is 324 g/mol. The third-order valence-electron chi connectivity index (χ3n) is 4.74.